The fourth-order valence-electron chi connectivity index (χ4n) is 6.45. The normalized spacial score (nSPS) is 11.6. The van der Waals surface area contributed by atoms with E-state index in [1.807, 2.05) is 18.2 Å². The maximum absolute atomic E-state index is 5.21. The lowest BCUT2D eigenvalue weighted by Crippen LogP contribution is -2.01. The molecule has 0 radical (unpaired) electrons. The van der Waals surface area contributed by atoms with E-state index < -0.39 is 0 Å². The number of thiophene rings is 1. The van der Waals surface area contributed by atoms with Gasteiger partial charge in [-0.25, -0.2) is 15.0 Å². The molecule has 0 aliphatic heterocycles. The van der Waals surface area contributed by atoms with Crippen LogP contribution in [-0.2, 0) is 0 Å². The second kappa shape index (κ2) is 10.5. The summed E-state index contributed by atoms with van der Waals surface area (Å²) in [5.41, 5.74) is 5.38. The Morgan fingerprint density at radius 3 is 1.71 bits per heavy atom. The van der Waals surface area contributed by atoms with E-state index in [0.717, 1.165) is 22.1 Å². The molecule has 0 aliphatic carbocycles. The monoisotopic (exact) mass is 591 g/mol. The summed E-state index contributed by atoms with van der Waals surface area (Å²) in [5, 5.41) is 7.23. The zero-order valence-electron chi connectivity index (χ0n) is 24.2. The van der Waals surface area contributed by atoms with Gasteiger partial charge in [-0.15, -0.1) is 11.3 Å². The number of benzene rings is 7. The van der Waals surface area contributed by atoms with Crippen LogP contribution in [0.2, 0.25) is 0 Å². The molecule has 0 amide bonds. The van der Waals surface area contributed by atoms with Crippen LogP contribution in [0.3, 0.4) is 0 Å². The lowest BCUT2D eigenvalue weighted by atomic mass is 9.92. The minimum Gasteiger partial charge on any atom is -0.208 e. The van der Waals surface area contributed by atoms with Crippen LogP contribution >= 0.6 is 11.3 Å². The summed E-state index contributed by atoms with van der Waals surface area (Å²) in [6.07, 6.45) is 0. The van der Waals surface area contributed by atoms with Gasteiger partial charge in [0.05, 0.1) is 0 Å². The van der Waals surface area contributed by atoms with Gasteiger partial charge >= 0.3 is 0 Å². The van der Waals surface area contributed by atoms with Gasteiger partial charge in [0.15, 0.2) is 17.5 Å². The van der Waals surface area contributed by atoms with Crippen molar-refractivity contribution < 1.29 is 0 Å². The van der Waals surface area contributed by atoms with Crippen molar-refractivity contribution in [3.05, 3.63) is 152 Å². The fraction of sp³-hybridized carbons (Fsp3) is 0. The summed E-state index contributed by atoms with van der Waals surface area (Å²) < 4.78 is 2.44. The summed E-state index contributed by atoms with van der Waals surface area (Å²) in [6.45, 7) is 0. The Kier molecular flexibility index (Phi) is 6.00. The molecule has 0 saturated carbocycles. The number of nitrogens with zero attached hydrogens (tertiary/aromatic N) is 3. The van der Waals surface area contributed by atoms with E-state index in [1.165, 1.54) is 47.5 Å². The molecule has 0 spiro atoms. The molecule has 45 heavy (non-hydrogen) atoms. The van der Waals surface area contributed by atoms with Crippen LogP contribution in [0, 0.1) is 0 Å². The molecule has 0 atom stereocenters. The SMILES string of the molecule is c1ccc(-c2nc(-c3ccc(-c4cccc5ccccc45)c4ccccc34)nc(-c3cccc4c3sc3ccccc34)n2)cc1. The molecule has 0 saturated heterocycles. The zero-order chi connectivity index (χ0) is 29.7. The van der Waals surface area contributed by atoms with Gasteiger partial charge in [-0.05, 0) is 50.9 Å². The van der Waals surface area contributed by atoms with Gasteiger partial charge in [0, 0.05) is 36.9 Å². The molecule has 3 nitrogen and oxygen atoms in total. The Morgan fingerprint density at radius 2 is 0.867 bits per heavy atom. The Balaban J connectivity index is 1.30. The molecule has 0 fully saturated rings. The minimum absolute atomic E-state index is 0.663. The number of rotatable bonds is 4. The lowest BCUT2D eigenvalue weighted by Gasteiger charge is -2.14. The van der Waals surface area contributed by atoms with Crippen LogP contribution in [0.25, 0.3) is 87.0 Å². The summed E-state index contributed by atoms with van der Waals surface area (Å²) in [6, 6.07) is 53.3. The van der Waals surface area contributed by atoms with E-state index in [-0.39, 0.29) is 0 Å². The molecular formula is C41H25N3S. The van der Waals surface area contributed by atoms with Crippen molar-refractivity contribution in [2.24, 2.45) is 0 Å². The predicted molar refractivity (Wildman–Crippen MR) is 189 cm³/mol. The Morgan fingerprint density at radius 1 is 0.333 bits per heavy atom. The van der Waals surface area contributed by atoms with Gasteiger partial charge in [-0.3, -0.25) is 0 Å². The molecule has 4 heteroatoms. The second-order valence-electron chi connectivity index (χ2n) is 11.2. The predicted octanol–water partition coefficient (Wildman–Crippen LogP) is 11.2. The van der Waals surface area contributed by atoms with Crippen LogP contribution in [0.1, 0.15) is 0 Å². The second-order valence-corrected chi connectivity index (χ2v) is 12.2. The number of fused-ring (bicyclic) bond motifs is 5. The van der Waals surface area contributed by atoms with Gasteiger partial charge in [0.2, 0.25) is 0 Å². The van der Waals surface area contributed by atoms with Crippen LogP contribution in [-0.4, -0.2) is 15.0 Å². The van der Waals surface area contributed by atoms with E-state index in [9.17, 15) is 0 Å². The van der Waals surface area contributed by atoms with E-state index in [1.54, 1.807) is 11.3 Å². The molecule has 0 N–H and O–H groups in total. The fourth-order valence-corrected chi connectivity index (χ4v) is 7.66. The van der Waals surface area contributed by atoms with Crippen molar-refractivity contribution in [2.75, 3.05) is 0 Å². The first kappa shape index (κ1) is 25.8. The largest absolute Gasteiger partial charge is 0.208 e. The van der Waals surface area contributed by atoms with Gasteiger partial charge in [-0.1, -0.05) is 133 Å². The zero-order valence-corrected chi connectivity index (χ0v) is 25.0. The maximum Gasteiger partial charge on any atom is 0.165 e. The van der Waals surface area contributed by atoms with Crippen LogP contribution < -0.4 is 0 Å². The quantitative estimate of drug-likeness (QED) is 0.204. The van der Waals surface area contributed by atoms with Crippen molar-refractivity contribution in [3.63, 3.8) is 0 Å². The van der Waals surface area contributed by atoms with Crippen LogP contribution in [0.4, 0.5) is 0 Å². The van der Waals surface area contributed by atoms with E-state index >= 15 is 0 Å². The van der Waals surface area contributed by atoms with Crippen LogP contribution in [0.5, 0.6) is 0 Å². The number of hydrogen-bond donors (Lipinski definition) is 0. The standard InChI is InChI=1S/C41H25N3S/c1-2-13-27(14-3-1)39-42-40(44-41(43-39)36-22-11-21-34-33-19-8-9-23-37(33)45-38(34)36)35-25-24-32(30-17-6-7-18-31(30)35)29-20-10-15-26-12-4-5-16-28(26)29/h1-25H. The first-order valence-electron chi connectivity index (χ1n) is 15.0. The summed E-state index contributed by atoms with van der Waals surface area (Å²) in [5.74, 6) is 2.01. The Bertz CT molecular complexity index is 2540. The molecule has 2 heterocycles. The van der Waals surface area contributed by atoms with Gasteiger partial charge in [0.1, 0.15) is 0 Å². The Labute approximate surface area is 264 Å². The molecule has 0 aliphatic rings. The average Bonchev–Trinajstić information content (AvgIpc) is 3.50. The lowest BCUT2D eigenvalue weighted by molar-refractivity contribution is 1.08. The van der Waals surface area contributed by atoms with E-state index in [2.05, 4.69) is 133 Å². The minimum atomic E-state index is 0.663. The third-order valence-electron chi connectivity index (χ3n) is 8.56. The molecule has 9 aromatic rings. The summed E-state index contributed by atoms with van der Waals surface area (Å²) in [4.78, 5) is 15.4. The Hall–Kier alpha value is -5.71. The molecule has 0 unspecified atom stereocenters. The van der Waals surface area contributed by atoms with E-state index in [0.29, 0.717) is 17.5 Å². The average molecular weight is 592 g/mol. The molecule has 2 aromatic heterocycles. The third kappa shape index (κ3) is 4.30. The van der Waals surface area contributed by atoms with Crippen molar-refractivity contribution in [2.45, 2.75) is 0 Å². The topological polar surface area (TPSA) is 38.7 Å². The number of hydrogen-bond acceptors (Lipinski definition) is 4. The smallest absolute Gasteiger partial charge is 0.165 e. The first-order chi connectivity index (χ1) is 22.3. The molecule has 0 bridgehead atoms. The summed E-state index contributed by atoms with van der Waals surface area (Å²) in [7, 11) is 0. The highest BCUT2D eigenvalue weighted by molar-refractivity contribution is 7.26. The van der Waals surface area contributed by atoms with Crippen molar-refractivity contribution in [3.8, 4) is 45.3 Å². The number of aromatic nitrogens is 3. The van der Waals surface area contributed by atoms with Crippen molar-refractivity contribution >= 4 is 53.1 Å². The van der Waals surface area contributed by atoms with Gasteiger partial charge in [0.25, 0.3) is 0 Å². The van der Waals surface area contributed by atoms with Crippen molar-refractivity contribution in [1.29, 1.82) is 0 Å². The van der Waals surface area contributed by atoms with E-state index in [4.69, 9.17) is 15.0 Å². The highest BCUT2D eigenvalue weighted by atomic mass is 32.1. The maximum atomic E-state index is 5.21. The first-order valence-corrected chi connectivity index (χ1v) is 15.9. The van der Waals surface area contributed by atoms with Gasteiger partial charge < -0.3 is 0 Å². The van der Waals surface area contributed by atoms with Crippen LogP contribution in [0.15, 0.2) is 152 Å². The third-order valence-corrected chi connectivity index (χ3v) is 9.78. The molecular weight excluding hydrogens is 567 g/mol. The molecule has 9 rings (SSSR count). The molecule has 7 aromatic carbocycles. The summed E-state index contributed by atoms with van der Waals surface area (Å²) >= 11 is 1.79. The highest BCUT2D eigenvalue weighted by Crippen LogP contribution is 2.41. The van der Waals surface area contributed by atoms with Crippen molar-refractivity contribution in [1.82, 2.24) is 15.0 Å². The highest BCUT2D eigenvalue weighted by Gasteiger charge is 2.18. The van der Waals surface area contributed by atoms with Gasteiger partial charge in [-0.2, -0.15) is 0 Å². The molecule has 210 valence electrons.